The van der Waals surface area contributed by atoms with Gasteiger partial charge < -0.3 is 4.74 Å². The van der Waals surface area contributed by atoms with Crippen molar-refractivity contribution >= 4 is 11.3 Å². The van der Waals surface area contributed by atoms with E-state index in [2.05, 4.69) is 33.9 Å². The number of ether oxygens (including phenoxy) is 1. The quantitative estimate of drug-likeness (QED) is 0.674. The molecule has 0 aliphatic carbocycles. The van der Waals surface area contributed by atoms with E-state index in [1.54, 1.807) is 36.0 Å². The lowest BCUT2D eigenvalue weighted by Gasteiger charge is -2.08. The van der Waals surface area contributed by atoms with Crippen molar-refractivity contribution in [3.8, 4) is 17.3 Å². The van der Waals surface area contributed by atoms with Crippen LogP contribution in [0, 0.1) is 12.8 Å². The van der Waals surface area contributed by atoms with Crippen LogP contribution in [-0.2, 0) is 6.54 Å². The molecular weight excluding hydrogens is 338 g/mol. The summed E-state index contributed by atoms with van der Waals surface area (Å²) in [6.45, 7) is 7.02. The normalized spacial score (nSPS) is 11.0. The summed E-state index contributed by atoms with van der Waals surface area (Å²) in [5.41, 5.74) is 1.20. The molecule has 0 N–H and O–H groups in total. The number of rotatable bonds is 6. The smallest absolute Gasteiger partial charge is 0.316 e. The highest BCUT2D eigenvalue weighted by Crippen LogP contribution is 2.16. The average molecular weight is 357 g/mol. The van der Waals surface area contributed by atoms with Crippen molar-refractivity contribution in [3.05, 3.63) is 51.0 Å². The van der Waals surface area contributed by atoms with Gasteiger partial charge in [0.05, 0.1) is 23.9 Å². The molecule has 3 aromatic heterocycles. The maximum Gasteiger partial charge on any atom is 0.316 e. The van der Waals surface area contributed by atoms with E-state index in [1.165, 1.54) is 10.7 Å². The van der Waals surface area contributed by atoms with Crippen LogP contribution in [0.1, 0.15) is 23.7 Å². The molecule has 0 atom stereocenters. The van der Waals surface area contributed by atoms with Crippen molar-refractivity contribution < 1.29 is 4.74 Å². The average Bonchev–Trinajstić information content (AvgIpc) is 3.00. The Labute approximate surface area is 149 Å². The van der Waals surface area contributed by atoms with Gasteiger partial charge in [0.25, 0.3) is 5.56 Å². The van der Waals surface area contributed by atoms with Crippen molar-refractivity contribution in [3.63, 3.8) is 0 Å². The first-order valence-corrected chi connectivity index (χ1v) is 8.77. The van der Waals surface area contributed by atoms with Crippen LogP contribution in [0.15, 0.2) is 35.5 Å². The molecule has 0 unspecified atom stereocenters. The van der Waals surface area contributed by atoms with Gasteiger partial charge in [-0.05, 0) is 18.9 Å². The first kappa shape index (κ1) is 17.2. The standard InChI is InChI=1S/C17H19N5O2S/c1-11(2)10-24-17-19-6-13(7-20-17)15-4-5-16(23)22(21-15)9-14-8-18-12(3)25-14/h4-8,11H,9-10H2,1-3H3. The highest BCUT2D eigenvalue weighted by molar-refractivity contribution is 7.11. The summed E-state index contributed by atoms with van der Waals surface area (Å²) in [6.07, 6.45) is 5.07. The van der Waals surface area contributed by atoms with Gasteiger partial charge in [-0.1, -0.05) is 13.8 Å². The third-order valence-corrected chi connectivity index (χ3v) is 4.21. The van der Waals surface area contributed by atoms with Crippen LogP contribution in [0.5, 0.6) is 6.01 Å². The van der Waals surface area contributed by atoms with Gasteiger partial charge in [-0.3, -0.25) is 4.79 Å². The summed E-state index contributed by atoms with van der Waals surface area (Å²) in [4.78, 5) is 25.6. The van der Waals surface area contributed by atoms with E-state index < -0.39 is 0 Å². The lowest BCUT2D eigenvalue weighted by molar-refractivity contribution is 0.251. The number of hydrogen-bond acceptors (Lipinski definition) is 7. The van der Waals surface area contributed by atoms with Crippen LogP contribution in [0.2, 0.25) is 0 Å². The summed E-state index contributed by atoms with van der Waals surface area (Å²) in [5.74, 6) is 0.406. The van der Waals surface area contributed by atoms with Crippen molar-refractivity contribution in [1.29, 1.82) is 0 Å². The van der Waals surface area contributed by atoms with Crippen molar-refractivity contribution in [2.45, 2.75) is 27.3 Å². The summed E-state index contributed by atoms with van der Waals surface area (Å²) in [7, 11) is 0. The number of hydrogen-bond donors (Lipinski definition) is 0. The Morgan fingerprint density at radius 1 is 1.16 bits per heavy atom. The first-order chi connectivity index (χ1) is 12.0. The summed E-state index contributed by atoms with van der Waals surface area (Å²) < 4.78 is 6.90. The topological polar surface area (TPSA) is 82.8 Å². The van der Waals surface area contributed by atoms with Crippen molar-refractivity contribution in [2.24, 2.45) is 5.92 Å². The van der Waals surface area contributed by atoms with E-state index in [4.69, 9.17) is 4.74 Å². The highest BCUT2D eigenvalue weighted by atomic mass is 32.1. The highest BCUT2D eigenvalue weighted by Gasteiger charge is 2.08. The molecular formula is C17H19N5O2S. The van der Waals surface area contributed by atoms with E-state index in [9.17, 15) is 4.79 Å². The molecule has 0 spiro atoms. The molecule has 0 amide bonds. The molecule has 8 heteroatoms. The third kappa shape index (κ3) is 4.48. The van der Waals surface area contributed by atoms with Gasteiger partial charge in [0.15, 0.2) is 0 Å². The maximum atomic E-state index is 12.1. The van der Waals surface area contributed by atoms with Crippen LogP contribution in [0.4, 0.5) is 0 Å². The molecule has 0 aliphatic heterocycles. The van der Waals surface area contributed by atoms with Crippen LogP contribution in [0.3, 0.4) is 0 Å². The van der Waals surface area contributed by atoms with Gasteiger partial charge in [0.1, 0.15) is 0 Å². The largest absolute Gasteiger partial charge is 0.463 e. The van der Waals surface area contributed by atoms with Gasteiger partial charge in [-0.15, -0.1) is 11.3 Å². The molecule has 25 heavy (non-hydrogen) atoms. The Hall–Kier alpha value is -2.61. The van der Waals surface area contributed by atoms with Crippen molar-refractivity contribution in [1.82, 2.24) is 24.7 Å². The fraction of sp³-hybridized carbons (Fsp3) is 0.353. The predicted octanol–water partition coefficient (Wildman–Crippen LogP) is 2.55. The van der Waals surface area contributed by atoms with E-state index >= 15 is 0 Å². The number of nitrogens with zero attached hydrogens (tertiary/aromatic N) is 5. The third-order valence-electron chi connectivity index (χ3n) is 3.31. The van der Waals surface area contributed by atoms with E-state index in [-0.39, 0.29) is 5.56 Å². The lowest BCUT2D eigenvalue weighted by Crippen LogP contribution is -2.22. The molecule has 3 rings (SSSR count). The molecule has 7 nitrogen and oxygen atoms in total. The molecule has 0 radical (unpaired) electrons. The second kappa shape index (κ2) is 7.52. The Balaban J connectivity index is 1.80. The summed E-state index contributed by atoms with van der Waals surface area (Å²) >= 11 is 1.55. The zero-order valence-corrected chi connectivity index (χ0v) is 15.2. The van der Waals surface area contributed by atoms with Gasteiger partial charge in [0.2, 0.25) is 0 Å². The van der Waals surface area contributed by atoms with Crippen LogP contribution < -0.4 is 10.3 Å². The first-order valence-electron chi connectivity index (χ1n) is 7.96. The monoisotopic (exact) mass is 357 g/mol. The minimum atomic E-state index is -0.160. The fourth-order valence-corrected chi connectivity index (χ4v) is 2.88. The molecule has 3 heterocycles. The molecule has 0 saturated carbocycles. The van der Waals surface area contributed by atoms with Gasteiger partial charge >= 0.3 is 6.01 Å². The lowest BCUT2D eigenvalue weighted by atomic mass is 10.2. The molecule has 0 aliphatic rings. The zero-order chi connectivity index (χ0) is 17.8. The van der Waals surface area contributed by atoms with E-state index in [0.29, 0.717) is 30.8 Å². The number of aromatic nitrogens is 5. The Morgan fingerprint density at radius 3 is 2.56 bits per heavy atom. The summed E-state index contributed by atoms with van der Waals surface area (Å²) in [5, 5.41) is 5.38. The van der Waals surface area contributed by atoms with E-state index in [1.807, 2.05) is 6.92 Å². The predicted molar refractivity (Wildman–Crippen MR) is 95.8 cm³/mol. The SMILES string of the molecule is Cc1ncc(Cn2nc(-c3cnc(OCC(C)C)nc3)ccc2=O)s1. The van der Waals surface area contributed by atoms with Gasteiger partial charge in [-0.2, -0.15) is 5.10 Å². The second-order valence-electron chi connectivity index (χ2n) is 6.02. The number of aryl methyl sites for hydroxylation is 1. The number of thiazole rings is 1. The second-order valence-corrected chi connectivity index (χ2v) is 7.34. The minimum absolute atomic E-state index is 0.160. The van der Waals surface area contributed by atoms with Gasteiger partial charge in [-0.25, -0.2) is 19.6 Å². The molecule has 0 bridgehead atoms. The molecule has 0 fully saturated rings. The van der Waals surface area contributed by atoms with Gasteiger partial charge in [0, 0.05) is 35.1 Å². The van der Waals surface area contributed by atoms with Crippen LogP contribution >= 0.6 is 11.3 Å². The van der Waals surface area contributed by atoms with Crippen molar-refractivity contribution in [2.75, 3.05) is 6.61 Å². The maximum absolute atomic E-state index is 12.1. The minimum Gasteiger partial charge on any atom is -0.463 e. The summed E-state index contributed by atoms with van der Waals surface area (Å²) in [6, 6.07) is 3.51. The Kier molecular flexibility index (Phi) is 5.18. The molecule has 0 saturated heterocycles. The molecule has 0 aromatic carbocycles. The Bertz CT molecular complexity index is 902. The van der Waals surface area contributed by atoms with E-state index in [0.717, 1.165) is 15.4 Å². The molecule has 3 aromatic rings. The molecule has 130 valence electrons. The van der Waals surface area contributed by atoms with Crippen LogP contribution in [0.25, 0.3) is 11.3 Å². The fourth-order valence-electron chi connectivity index (χ4n) is 2.11. The zero-order valence-electron chi connectivity index (χ0n) is 14.3. The Morgan fingerprint density at radius 2 is 1.92 bits per heavy atom. The van der Waals surface area contributed by atoms with Crippen LogP contribution in [-0.4, -0.2) is 31.3 Å².